The molecule has 6 nitrogen and oxygen atoms in total. The molecule has 1 aromatic carbocycles. The van der Waals surface area contributed by atoms with Crippen LogP contribution in [-0.2, 0) is 4.79 Å². The van der Waals surface area contributed by atoms with Gasteiger partial charge >= 0.3 is 5.97 Å². The smallest absolute Gasteiger partial charge is 0.308 e. The molecule has 1 aliphatic heterocycles. The molecule has 0 radical (unpaired) electrons. The summed E-state index contributed by atoms with van der Waals surface area (Å²) < 4.78 is 1.84. The third-order valence-corrected chi connectivity index (χ3v) is 4.99. The van der Waals surface area contributed by atoms with E-state index in [9.17, 15) is 14.7 Å². The number of carbonyl (C=O) groups is 2. The molecule has 0 saturated carbocycles. The van der Waals surface area contributed by atoms with Crippen molar-refractivity contribution in [1.82, 2.24) is 14.7 Å². The molecule has 138 valence electrons. The van der Waals surface area contributed by atoms with Crippen LogP contribution in [0.3, 0.4) is 0 Å². The van der Waals surface area contributed by atoms with Gasteiger partial charge in [0.1, 0.15) is 0 Å². The van der Waals surface area contributed by atoms with Crippen LogP contribution in [0.5, 0.6) is 0 Å². The van der Waals surface area contributed by atoms with Crippen molar-refractivity contribution >= 4 is 11.9 Å². The van der Waals surface area contributed by atoms with Crippen LogP contribution in [0.1, 0.15) is 54.2 Å². The van der Waals surface area contributed by atoms with E-state index in [0.29, 0.717) is 24.9 Å². The van der Waals surface area contributed by atoms with E-state index in [1.807, 2.05) is 49.7 Å². The van der Waals surface area contributed by atoms with Crippen molar-refractivity contribution in [3.63, 3.8) is 0 Å². The molecule has 0 aliphatic carbocycles. The molecule has 2 heterocycles. The number of nitrogens with zero attached hydrogens (tertiary/aromatic N) is 3. The summed E-state index contributed by atoms with van der Waals surface area (Å²) in [4.78, 5) is 26.1. The van der Waals surface area contributed by atoms with Crippen LogP contribution in [0.15, 0.2) is 30.5 Å². The van der Waals surface area contributed by atoms with Crippen LogP contribution in [0.25, 0.3) is 5.69 Å². The van der Waals surface area contributed by atoms with E-state index in [1.54, 1.807) is 11.1 Å². The summed E-state index contributed by atoms with van der Waals surface area (Å²) in [5, 5.41) is 13.8. The molecule has 1 saturated heterocycles. The number of benzene rings is 1. The van der Waals surface area contributed by atoms with E-state index in [2.05, 4.69) is 5.10 Å². The molecule has 1 amide bonds. The summed E-state index contributed by atoms with van der Waals surface area (Å²) in [5.74, 6) is -1.33. The average Bonchev–Trinajstić information content (AvgIpc) is 3.06. The predicted octanol–water partition coefficient (Wildman–Crippen LogP) is 3.24. The molecule has 6 heteroatoms. The number of aromatic nitrogens is 2. The van der Waals surface area contributed by atoms with Crippen LogP contribution in [0, 0.1) is 12.8 Å². The Bertz CT molecular complexity index is 825. The van der Waals surface area contributed by atoms with Gasteiger partial charge in [-0.3, -0.25) is 9.59 Å². The SMILES string of the molecule is Cc1ccccc1-n1ncc(C(=O)N2CCCC(C(=O)O)C2)c1C(C)C. The van der Waals surface area contributed by atoms with Gasteiger partial charge in [-0.15, -0.1) is 0 Å². The average molecular weight is 355 g/mol. The van der Waals surface area contributed by atoms with E-state index in [0.717, 1.165) is 16.9 Å². The van der Waals surface area contributed by atoms with Gasteiger partial charge in [0, 0.05) is 13.1 Å². The number of rotatable bonds is 4. The van der Waals surface area contributed by atoms with Crippen molar-refractivity contribution < 1.29 is 14.7 Å². The van der Waals surface area contributed by atoms with Gasteiger partial charge in [-0.1, -0.05) is 32.0 Å². The predicted molar refractivity (Wildman–Crippen MR) is 98.7 cm³/mol. The highest BCUT2D eigenvalue weighted by Gasteiger charge is 2.31. The van der Waals surface area contributed by atoms with Gasteiger partial charge in [-0.05, 0) is 37.3 Å². The van der Waals surface area contributed by atoms with Crippen molar-refractivity contribution in [1.29, 1.82) is 0 Å². The van der Waals surface area contributed by atoms with Crippen molar-refractivity contribution in [3.8, 4) is 5.69 Å². The highest BCUT2D eigenvalue weighted by atomic mass is 16.4. The molecule has 1 N–H and O–H groups in total. The van der Waals surface area contributed by atoms with Crippen LogP contribution in [-0.4, -0.2) is 44.8 Å². The third kappa shape index (κ3) is 3.36. The van der Waals surface area contributed by atoms with E-state index in [-0.39, 0.29) is 18.4 Å². The van der Waals surface area contributed by atoms with Crippen LogP contribution in [0.4, 0.5) is 0 Å². The van der Waals surface area contributed by atoms with Gasteiger partial charge < -0.3 is 10.0 Å². The third-order valence-electron chi connectivity index (χ3n) is 4.99. The first-order chi connectivity index (χ1) is 12.4. The largest absolute Gasteiger partial charge is 0.481 e. The van der Waals surface area contributed by atoms with E-state index >= 15 is 0 Å². The zero-order chi connectivity index (χ0) is 18.8. The zero-order valence-electron chi connectivity index (χ0n) is 15.5. The fourth-order valence-electron chi connectivity index (χ4n) is 3.60. The second-order valence-corrected chi connectivity index (χ2v) is 7.23. The monoisotopic (exact) mass is 355 g/mol. The first-order valence-corrected chi connectivity index (χ1v) is 9.06. The van der Waals surface area contributed by atoms with Gasteiger partial charge in [0.2, 0.25) is 0 Å². The number of aryl methyl sites for hydroxylation is 1. The minimum absolute atomic E-state index is 0.108. The van der Waals surface area contributed by atoms with Crippen LogP contribution in [0.2, 0.25) is 0 Å². The van der Waals surface area contributed by atoms with Gasteiger partial charge in [0.25, 0.3) is 5.91 Å². The lowest BCUT2D eigenvalue weighted by Gasteiger charge is -2.31. The number of hydrogen-bond donors (Lipinski definition) is 1. The summed E-state index contributed by atoms with van der Waals surface area (Å²) in [5.41, 5.74) is 3.47. The Hall–Kier alpha value is -2.63. The second kappa shape index (κ2) is 7.32. The highest BCUT2D eigenvalue weighted by molar-refractivity contribution is 5.96. The Morgan fingerprint density at radius 2 is 2.00 bits per heavy atom. The molecule has 1 unspecified atom stereocenters. The molecule has 1 atom stereocenters. The molecule has 1 aromatic heterocycles. The molecule has 1 aliphatic rings. The van der Waals surface area contributed by atoms with Gasteiger partial charge in [-0.2, -0.15) is 5.10 Å². The number of carboxylic acid groups (broad SMARTS) is 1. The first kappa shape index (κ1) is 18.2. The number of likely N-dealkylation sites (tertiary alicyclic amines) is 1. The molecular weight excluding hydrogens is 330 g/mol. The maximum atomic E-state index is 13.1. The Balaban J connectivity index is 1.97. The maximum Gasteiger partial charge on any atom is 0.308 e. The van der Waals surface area contributed by atoms with Gasteiger partial charge in [-0.25, -0.2) is 4.68 Å². The normalized spacial score (nSPS) is 17.5. The Labute approximate surface area is 153 Å². The minimum Gasteiger partial charge on any atom is -0.481 e. The van der Waals surface area contributed by atoms with Crippen molar-refractivity contribution in [2.45, 2.75) is 39.5 Å². The number of piperidine rings is 1. The van der Waals surface area contributed by atoms with E-state index < -0.39 is 11.9 Å². The summed E-state index contributed by atoms with van der Waals surface area (Å²) in [6.07, 6.45) is 2.96. The zero-order valence-corrected chi connectivity index (χ0v) is 15.5. The molecule has 0 spiro atoms. The molecule has 2 aromatic rings. The number of carbonyl (C=O) groups excluding carboxylic acids is 1. The lowest BCUT2D eigenvalue weighted by molar-refractivity contribution is -0.143. The summed E-state index contributed by atoms with van der Waals surface area (Å²) in [7, 11) is 0. The lowest BCUT2D eigenvalue weighted by Crippen LogP contribution is -2.42. The van der Waals surface area contributed by atoms with Crippen molar-refractivity contribution in [3.05, 3.63) is 47.3 Å². The number of carboxylic acids is 1. The molecular formula is C20H25N3O3. The fourth-order valence-corrected chi connectivity index (χ4v) is 3.60. The quantitative estimate of drug-likeness (QED) is 0.913. The summed E-state index contributed by atoms with van der Waals surface area (Å²) in [6.45, 7) is 6.96. The number of hydrogen-bond acceptors (Lipinski definition) is 3. The van der Waals surface area contributed by atoms with Gasteiger partial charge in [0.15, 0.2) is 0 Å². The maximum absolute atomic E-state index is 13.1. The van der Waals surface area contributed by atoms with Crippen molar-refractivity contribution in [2.24, 2.45) is 5.92 Å². The number of amides is 1. The van der Waals surface area contributed by atoms with Crippen molar-refractivity contribution in [2.75, 3.05) is 13.1 Å². The number of para-hydroxylation sites is 1. The number of aliphatic carboxylic acids is 1. The van der Waals surface area contributed by atoms with E-state index in [4.69, 9.17) is 0 Å². The standard InChI is InChI=1S/C20H25N3O3/c1-13(2)18-16(11-21-23(18)17-9-5-4-7-14(17)3)19(24)22-10-6-8-15(12-22)20(25)26/h4-5,7,9,11,13,15H,6,8,10,12H2,1-3H3,(H,25,26). The Kier molecular flexibility index (Phi) is 5.11. The topological polar surface area (TPSA) is 75.4 Å². The Morgan fingerprint density at radius 3 is 2.65 bits per heavy atom. The van der Waals surface area contributed by atoms with Crippen LogP contribution < -0.4 is 0 Å². The lowest BCUT2D eigenvalue weighted by atomic mass is 9.97. The summed E-state index contributed by atoms with van der Waals surface area (Å²) in [6, 6.07) is 7.94. The van der Waals surface area contributed by atoms with Crippen LogP contribution >= 0.6 is 0 Å². The Morgan fingerprint density at radius 1 is 1.27 bits per heavy atom. The van der Waals surface area contributed by atoms with E-state index in [1.165, 1.54) is 0 Å². The molecule has 26 heavy (non-hydrogen) atoms. The minimum atomic E-state index is -0.831. The molecule has 3 rings (SSSR count). The van der Waals surface area contributed by atoms with Gasteiger partial charge in [0.05, 0.1) is 29.1 Å². The second-order valence-electron chi connectivity index (χ2n) is 7.23. The molecule has 1 fully saturated rings. The molecule has 0 bridgehead atoms. The fraction of sp³-hybridized carbons (Fsp3) is 0.450. The highest BCUT2D eigenvalue weighted by Crippen LogP contribution is 2.27. The summed E-state index contributed by atoms with van der Waals surface area (Å²) >= 11 is 0. The first-order valence-electron chi connectivity index (χ1n) is 9.06.